The minimum absolute atomic E-state index is 0.0967. The van der Waals surface area contributed by atoms with E-state index in [-0.39, 0.29) is 30.6 Å². The van der Waals surface area contributed by atoms with Gasteiger partial charge in [0.15, 0.2) is 17.9 Å². The predicted molar refractivity (Wildman–Crippen MR) is 210 cm³/mol. The maximum Gasteiger partial charge on any atom is 0.189 e. The molecule has 0 unspecified atom stereocenters. The average molecular weight is 708 g/mol. The molecule has 0 radical (unpaired) electrons. The van der Waals surface area contributed by atoms with Crippen LogP contribution in [0.1, 0.15) is 221 Å². The van der Waals surface area contributed by atoms with Crippen molar-refractivity contribution in [1.82, 2.24) is 4.90 Å². The summed E-state index contributed by atoms with van der Waals surface area (Å²) in [6, 6.07) is 0.119. The molecule has 0 aromatic heterocycles. The van der Waals surface area contributed by atoms with Crippen LogP contribution < -0.4 is 0 Å². The van der Waals surface area contributed by atoms with Crippen molar-refractivity contribution >= 4 is 0 Å². The van der Waals surface area contributed by atoms with Crippen molar-refractivity contribution in [3.8, 4) is 0 Å². The lowest BCUT2D eigenvalue weighted by molar-refractivity contribution is -0.228. The summed E-state index contributed by atoms with van der Waals surface area (Å²) in [5.41, 5.74) is 0. The monoisotopic (exact) mass is 708 g/mol. The standard InChI is InChI=1S/C44H85NO5/c1-7-9-11-13-15-17-19-21-23-25-27-29-31-33-35-45(36-34-32-30-28-26-24-22-20-18-16-14-12-10-8-2)39-40(38-37-46-43(3,4)48-38)47-42-41(39)49-44(5,6)50-42/h38-42H,7-37H2,1-6H3/t38-,39-,40-,41-,42-/m1/s1. The number of hydrogen-bond acceptors (Lipinski definition) is 6. The molecule has 0 aromatic carbocycles. The SMILES string of the molecule is CCCCCCCCCCCCCCCCN(CCCCCCCCCCCCCCCC)[C@H]1[C@H]2OC(C)(C)O[C@H]2O[C@@H]1[C@H]1COC(C)(C)O1. The van der Waals surface area contributed by atoms with Crippen molar-refractivity contribution in [2.75, 3.05) is 19.7 Å². The molecule has 3 heterocycles. The highest BCUT2D eigenvalue weighted by Gasteiger charge is 2.59. The van der Waals surface area contributed by atoms with E-state index in [9.17, 15) is 0 Å². The average Bonchev–Trinajstić information content (AvgIpc) is 3.71. The molecule has 3 aliphatic heterocycles. The third-order valence-electron chi connectivity index (χ3n) is 11.5. The normalized spacial score (nSPS) is 25.6. The number of unbranched alkanes of at least 4 members (excludes halogenated alkanes) is 26. The van der Waals surface area contributed by atoms with E-state index in [1.165, 1.54) is 180 Å². The fourth-order valence-corrected chi connectivity index (χ4v) is 8.55. The summed E-state index contributed by atoms with van der Waals surface area (Å²) < 4.78 is 31.9. The Morgan fingerprint density at radius 1 is 0.440 bits per heavy atom. The van der Waals surface area contributed by atoms with Gasteiger partial charge in [0.25, 0.3) is 0 Å². The van der Waals surface area contributed by atoms with Crippen molar-refractivity contribution in [2.24, 2.45) is 0 Å². The predicted octanol–water partition coefficient (Wildman–Crippen LogP) is 12.6. The third kappa shape index (κ3) is 17.7. The van der Waals surface area contributed by atoms with E-state index in [1.807, 2.05) is 27.7 Å². The molecule has 3 saturated heterocycles. The van der Waals surface area contributed by atoms with Gasteiger partial charge >= 0.3 is 0 Å². The number of ether oxygens (including phenoxy) is 5. The Hall–Kier alpha value is -0.240. The van der Waals surface area contributed by atoms with Gasteiger partial charge < -0.3 is 23.7 Å². The van der Waals surface area contributed by atoms with Crippen molar-refractivity contribution in [3.63, 3.8) is 0 Å². The first-order chi connectivity index (χ1) is 24.3. The van der Waals surface area contributed by atoms with Gasteiger partial charge in [-0.3, -0.25) is 4.90 Å². The van der Waals surface area contributed by atoms with Gasteiger partial charge in [-0.05, 0) is 53.6 Å². The van der Waals surface area contributed by atoms with Gasteiger partial charge in [0.1, 0.15) is 18.3 Å². The Morgan fingerprint density at radius 2 is 0.820 bits per heavy atom. The summed E-state index contributed by atoms with van der Waals surface area (Å²) in [4.78, 5) is 2.70. The van der Waals surface area contributed by atoms with Crippen molar-refractivity contribution in [3.05, 3.63) is 0 Å². The van der Waals surface area contributed by atoms with E-state index in [1.54, 1.807) is 0 Å². The lowest BCUT2D eigenvalue weighted by Gasteiger charge is -2.37. The van der Waals surface area contributed by atoms with Crippen LogP contribution in [0.25, 0.3) is 0 Å². The van der Waals surface area contributed by atoms with Crippen LogP contribution >= 0.6 is 0 Å². The van der Waals surface area contributed by atoms with Crippen molar-refractivity contribution in [1.29, 1.82) is 0 Å². The quantitative estimate of drug-likeness (QED) is 0.0649. The Balaban J connectivity index is 1.40. The molecule has 0 spiro atoms. The second-order valence-corrected chi connectivity index (χ2v) is 17.2. The second-order valence-electron chi connectivity index (χ2n) is 17.2. The molecule has 0 aliphatic carbocycles. The van der Waals surface area contributed by atoms with E-state index in [2.05, 4.69) is 18.7 Å². The molecule has 0 bridgehead atoms. The molecule has 3 fully saturated rings. The van der Waals surface area contributed by atoms with Crippen LogP contribution in [0, 0.1) is 0 Å². The molecular formula is C44H85NO5. The summed E-state index contributed by atoms with van der Waals surface area (Å²) in [5.74, 6) is -1.20. The molecule has 5 atom stereocenters. The highest BCUT2D eigenvalue weighted by atomic mass is 16.8. The first-order valence-electron chi connectivity index (χ1n) is 22.3. The van der Waals surface area contributed by atoms with Gasteiger partial charge in [0, 0.05) is 0 Å². The first-order valence-corrected chi connectivity index (χ1v) is 22.3. The van der Waals surface area contributed by atoms with Gasteiger partial charge in [0.2, 0.25) is 0 Å². The van der Waals surface area contributed by atoms with Gasteiger partial charge in [-0.1, -0.05) is 181 Å². The zero-order valence-corrected chi connectivity index (χ0v) is 34.3. The maximum atomic E-state index is 6.65. The molecule has 3 rings (SSSR count). The molecular weight excluding hydrogens is 622 g/mol. The van der Waals surface area contributed by atoms with Crippen molar-refractivity contribution < 1.29 is 23.7 Å². The van der Waals surface area contributed by atoms with E-state index in [0.29, 0.717) is 6.61 Å². The highest BCUT2D eigenvalue weighted by Crippen LogP contribution is 2.43. The first kappa shape index (κ1) is 44.2. The molecule has 6 heteroatoms. The lowest BCUT2D eigenvalue weighted by atomic mass is 9.99. The zero-order valence-electron chi connectivity index (χ0n) is 34.3. The second kappa shape index (κ2) is 25.7. The van der Waals surface area contributed by atoms with Gasteiger partial charge in [-0.2, -0.15) is 0 Å². The Labute approximate surface area is 311 Å². The van der Waals surface area contributed by atoms with E-state index in [4.69, 9.17) is 23.7 Å². The van der Waals surface area contributed by atoms with Crippen molar-refractivity contribution in [2.45, 2.75) is 264 Å². The number of nitrogens with zero attached hydrogens (tertiary/aromatic N) is 1. The largest absolute Gasteiger partial charge is 0.348 e. The fraction of sp³-hybridized carbons (Fsp3) is 1.00. The lowest BCUT2D eigenvalue weighted by Crippen LogP contribution is -2.53. The summed E-state index contributed by atoms with van der Waals surface area (Å²) in [7, 11) is 0. The van der Waals surface area contributed by atoms with E-state index >= 15 is 0 Å². The van der Waals surface area contributed by atoms with Crippen LogP contribution in [0.4, 0.5) is 0 Å². The van der Waals surface area contributed by atoms with E-state index < -0.39 is 11.6 Å². The minimum atomic E-state index is -0.624. The Kier molecular flexibility index (Phi) is 22.7. The number of hydrogen-bond donors (Lipinski definition) is 0. The smallest absolute Gasteiger partial charge is 0.189 e. The van der Waals surface area contributed by atoms with Gasteiger partial charge in [-0.15, -0.1) is 0 Å². The molecule has 50 heavy (non-hydrogen) atoms. The molecule has 296 valence electrons. The Bertz CT molecular complexity index is 788. The topological polar surface area (TPSA) is 49.4 Å². The molecule has 3 aliphatic rings. The molecule has 0 aromatic rings. The fourth-order valence-electron chi connectivity index (χ4n) is 8.55. The number of fused-ring (bicyclic) bond motifs is 1. The summed E-state index contributed by atoms with van der Waals surface area (Å²) in [6.45, 7) is 15.4. The van der Waals surface area contributed by atoms with Crippen LogP contribution in [-0.2, 0) is 23.7 Å². The van der Waals surface area contributed by atoms with Crippen LogP contribution in [0.3, 0.4) is 0 Å². The molecule has 0 N–H and O–H groups in total. The zero-order chi connectivity index (χ0) is 35.9. The molecule has 0 amide bonds. The van der Waals surface area contributed by atoms with Crippen LogP contribution in [0.5, 0.6) is 0 Å². The Morgan fingerprint density at radius 3 is 1.18 bits per heavy atom. The summed E-state index contributed by atoms with van der Waals surface area (Å²) in [6.07, 6.45) is 38.2. The van der Waals surface area contributed by atoms with Gasteiger partial charge in [-0.25, -0.2) is 0 Å². The third-order valence-corrected chi connectivity index (χ3v) is 11.5. The van der Waals surface area contributed by atoms with Crippen LogP contribution in [0.15, 0.2) is 0 Å². The summed E-state index contributed by atoms with van der Waals surface area (Å²) >= 11 is 0. The minimum Gasteiger partial charge on any atom is -0.348 e. The molecule has 6 nitrogen and oxygen atoms in total. The maximum absolute atomic E-state index is 6.65. The summed E-state index contributed by atoms with van der Waals surface area (Å²) in [5, 5.41) is 0. The van der Waals surface area contributed by atoms with E-state index in [0.717, 1.165) is 13.1 Å². The van der Waals surface area contributed by atoms with Crippen LogP contribution in [-0.4, -0.2) is 66.8 Å². The number of rotatable bonds is 32. The van der Waals surface area contributed by atoms with Crippen LogP contribution in [0.2, 0.25) is 0 Å². The van der Waals surface area contributed by atoms with Gasteiger partial charge in [0.05, 0.1) is 12.6 Å². The molecule has 0 saturated carbocycles. The highest BCUT2D eigenvalue weighted by molar-refractivity contribution is 5.03.